The highest BCUT2D eigenvalue weighted by atomic mass is 16.5. The van der Waals surface area contributed by atoms with E-state index in [-0.39, 0.29) is 5.79 Å². The minimum Gasteiger partial charge on any atom is -0.342 e. The van der Waals surface area contributed by atoms with Crippen molar-refractivity contribution in [1.82, 2.24) is 35.1 Å². The lowest BCUT2D eigenvalue weighted by atomic mass is 9.97. The topological polar surface area (TPSA) is 49.5 Å². The molecule has 0 aromatic rings. The van der Waals surface area contributed by atoms with E-state index in [9.17, 15) is 0 Å². The van der Waals surface area contributed by atoms with Crippen LogP contribution >= 0.6 is 0 Å². The van der Waals surface area contributed by atoms with Gasteiger partial charge in [0.1, 0.15) is 0 Å². The minimum absolute atomic E-state index is 0.270. The van der Waals surface area contributed by atoms with E-state index < -0.39 is 5.85 Å². The molecule has 0 aromatic carbocycles. The van der Waals surface area contributed by atoms with E-state index in [1.807, 2.05) is 0 Å². The molecule has 5 aliphatic heterocycles. The summed E-state index contributed by atoms with van der Waals surface area (Å²) in [6.45, 7) is 15.1. The minimum atomic E-state index is -0.405. The zero-order chi connectivity index (χ0) is 20.4. The van der Waals surface area contributed by atoms with Gasteiger partial charge >= 0.3 is 0 Å². The maximum Gasteiger partial charge on any atom is 0.227 e. The molecule has 0 spiro atoms. The van der Waals surface area contributed by atoms with Crippen molar-refractivity contribution in [3.8, 4) is 0 Å². The third-order valence-electron chi connectivity index (χ3n) is 8.09. The van der Waals surface area contributed by atoms with Crippen LogP contribution in [0.1, 0.15) is 32.1 Å². The second-order valence-corrected chi connectivity index (χ2v) is 9.82. The quantitative estimate of drug-likeness (QED) is 0.639. The second kappa shape index (κ2) is 9.27. The molecule has 5 aliphatic rings. The van der Waals surface area contributed by atoms with Crippen LogP contribution in [0.15, 0.2) is 0 Å². The number of ether oxygens (including phenoxy) is 1. The Bertz CT molecular complexity index is 534. The molecule has 2 N–H and O–H groups in total. The van der Waals surface area contributed by atoms with E-state index in [1.165, 1.54) is 45.2 Å². The Morgan fingerprint density at radius 2 is 1.17 bits per heavy atom. The molecular weight excluding hydrogens is 378 g/mol. The summed E-state index contributed by atoms with van der Waals surface area (Å²) in [5, 5.41) is 7.74. The molecule has 5 heterocycles. The van der Waals surface area contributed by atoms with E-state index in [0.717, 1.165) is 78.6 Å². The maximum absolute atomic E-state index is 7.11. The van der Waals surface area contributed by atoms with Gasteiger partial charge in [-0.15, -0.1) is 0 Å². The van der Waals surface area contributed by atoms with Crippen molar-refractivity contribution in [1.29, 1.82) is 0 Å². The molecule has 0 aromatic heterocycles. The summed E-state index contributed by atoms with van der Waals surface area (Å²) in [5.41, 5.74) is 0. The summed E-state index contributed by atoms with van der Waals surface area (Å²) in [4.78, 5) is 13.5. The number of rotatable bonds is 4. The van der Waals surface area contributed by atoms with Gasteiger partial charge in [0.25, 0.3) is 0 Å². The van der Waals surface area contributed by atoms with Crippen LogP contribution < -0.4 is 10.6 Å². The van der Waals surface area contributed by atoms with E-state index in [2.05, 4.69) is 42.2 Å². The molecule has 0 amide bonds. The average molecular weight is 422 g/mol. The first kappa shape index (κ1) is 21.5. The number of likely N-dealkylation sites (tertiary alicyclic amines) is 2. The van der Waals surface area contributed by atoms with Crippen LogP contribution in [0.5, 0.6) is 0 Å². The van der Waals surface area contributed by atoms with Gasteiger partial charge in [-0.1, -0.05) is 6.42 Å². The zero-order valence-electron chi connectivity index (χ0n) is 19.1. The predicted molar refractivity (Wildman–Crippen MR) is 119 cm³/mol. The van der Waals surface area contributed by atoms with Gasteiger partial charge in [-0.25, -0.2) is 0 Å². The highest BCUT2D eigenvalue weighted by Crippen LogP contribution is 2.44. The molecule has 0 bridgehead atoms. The van der Waals surface area contributed by atoms with Crippen LogP contribution in [0.4, 0.5) is 0 Å². The highest BCUT2D eigenvalue weighted by Gasteiger charge is 2.67. The zero-order valence-corrected chi connectivity index (χ0v) is 19.1. The van der Waals surface area contributed by atoms with E-state index >= 15 is 0 Å². The van der Waals surface area contributed by atoms with Crippen molar-refractivity contribution in [2.45, 2.75) is 43.7 Å². The SMILES string of the molecule is CN1CCN(C2(N3CCCC3)OCCNC2(N2CCCCC2)N2CCNCC2)CC1. The molecule has 8 heteroatoms. The Labute approximate surface area is 182 Å². The van der Waals surface area contributed by atoms with Gasteiger partial charge < -0.3 is 15.0 Å². The van der Waals surface area contributed by atoms with Crippen LogP contribution in [0.25, 0.3) is 0 Å². The predicted octanol–water partition coefficient (Wildman–Crippen LogP) is -0.352. The highest BCUT2D eigenvalue weighted by molar-refractivity contribution is 5.10. The van der Waals surface area contributed by atoms with E-state index in [1.54, 1.807) is 0 Å². The van der Waals surface area contributed by atoms with Gasteiger partial charge in [0, 0.05) is 85.1 Å². The molecule has 0 radical (unpaired) electrons. The molecule has 5 saturated heterocycles. The van der Waals surface area contributed by atoms with Crippen molar-refractivity contribution in [3.63, 3.8) is 0 Å². The van der Waals surface area contributed by atoms with Crippen molar-refractivity contribution in [2.24, 2.45) is 0 Å². The third-order valence-corrected chi connectivity index (χ3v) is 8.09. The Morgan fingerprint density at radius 3 is 1.87 bits per heavy atom. The van der Waals surface area contributed by atoms with Gasteiger partial charge in [0.2, 0.25) is 5.85 Å². The number of morpholine rings is 1. The van der Waals surface area contributed by atoms with Crippen LogP contribution in [0.3, 0.4) is 0 Å². The van der Waals surface area contributed by atoms with Crippen molar-refractivity contribution < 1.29 is 4.74 Å². The Hall–Kier alpha value is -0.320. The monoisotopic (exact) mass is 421 g/mol. The van der Waals surface area contributed by atoms with Crippen LogP contribution in [-0.4, -0.2) is 135 Å². The maximum atomic E-state index is 7.11. The summed E-state index contributed by atoms with van der Waals surface area (Å²) >= 11 is 0. The molecule has 0 aliphatic carbocycles. The number of piperazine rings is 2. The van der Waals surface area contributed by atoms with Crippen LogP contribution in [0.2, 0.25) is 0 Å². The average Bonchev–Trinajstić information content (AvgIpc) is 3.36. The third kappa shape index (κ3) is 3.53. The number of piperidine rings is 1. The fourth-order valence-corrected chi connectivity index (χ4v) is 6.63. The summed E-state index contributed by atoms with van der Waals surface area (Å²) in [6.07, 6.45) is 6.54. The molecule has 2 unspecified atom stereocenters. The molecule has 2 atom stereocenters. The molecule has 5 rings (SSSR count). The molecule has 30 heavy (non-hydrogen) atoms. The number of nitrogens with one attached hydrogen (secondary N) is 2. The normalized spacial score (nSPS) is 39.5. The lowest BCUT2D eigenvalue weighted by Crippen LogP contribution is -2.91. The van der Waals surface area contributed by atoms with Crippen molar-refractivity contribution in [2.75, 3.05) is 98.7 Å². The summed E-state index contributed by atoms with van der Waals surface area (Å²) in [6, 6.07) is 0. The van der Waals surface area contributed by atoms with E-state index in [4.69, 9.17) is 4.74 Å². The molecule has 8 nitrogen and oxygen atoms in total. The first-order chi connectivity index (χ1) is 14.8. The number of likely N-dealkylation sites (N-methyl/N-ethyl adjacent to an activating group) is 1. The van der Waals surface area contributed by atoms with Gasteiger partial charge in [-0.05, 0) is 32.7 Å². The summed E-state index contributed by atoms with van der Waals surface area (Å²) in [7, 11) is 2.26. The number of nitrogens with zero attached hydrogens (tertiary/aromatic N) is 5. The van der Waals surface area contributed by atoms with Gasteiger partial charge in [-0.3, -0.25) is 24.9 Å². The standard InChI is InChI=1S/C22H43N7O/c1-25-16-18-29(19-17-25)22(28-12-5-6-13-28)21(24-9-20-30-22,26-10-3-2-4-11-26)27-14-7-23-8-15-27/h23-24H,2-20H2,1H3. The molecular formula is C22H43N7O. The summed E-state index contributed by atoms with van der Waals surface area (Å²) < 4.78 is 7.11. The van der Waals surface area contributed by atoms with Crippen molar-refractivity contribution >= 4 is 0 Å². The van der Waals surface area contributed by atoms with E-state index in [0.29, 0.717) is 0 Å². The first-order valence-corrected chi connectivity index (χ1v) is 12.6. The van der Waals surface area contributed by atoms with Crippen molar-refractivity contribution in [3.05, 3.63) is 0 Å². The largest absolute Gasteiger partial charge is 0.342 e. The van der Waals surface area contributed by atoms with Gasteiger partial charge in [0.15, 0.2) is 5.79 Å². The number of hydrogen-bond donors (Lipinski definition) is 2. The fourth-order valence-electron chi connectivity index (χ4n) is 6.63. The first-order valence-electron chi connectivity index (χ1n) is 12.6. The Balaban J connectivity index is 1.61. The second-order valence-electron chi connectivity index (χ2n) is 9.82. The van der Waals surface area contributed by atoms with Gasteiger partial charge in [0.05, 0.1) is 6.61 Å². The summed E-state index contributed by atoms with van der Waals surface area (Å²) in [5.74, 6) is -0.675. The smallest absolute Gasteiger partial charge is 0.227 e. The fraction of sp³-hybridized carbons (Fsp3) is 1.00. The van der Waals surface area contributed by atoms with Crippen LogP contribution in [0, 0.1) is 0 Å². The Morgan fingerprint density at radius 1 is 0.600 bits per heavy atom. The lowest BCUT2D eigenvalue weighted by Gasteiger charge is -2.68. The Kier molecular flexibility index (Phi) is 6.65. The molecule has 172 valence electrons. The molecule has 5 fully saturated rings. The lowest BCUT2D eigenvalue weighted by molar-refractivity contribution is -0.374. The van der Waals surface area contributed by atoms with Gasteiger partial charge in [-0.2, -0.15) is 0 Å². The number of hydrogen-bond acceptors (Lipinski definition) is 8. The van der Waals surface area contributed by atoms with Crippen LogP contribution in [-0.2, 0) is 4.74 Å². The molecule has 0 saturated carbocycles.